The fraction of sp³-hybridized carbons (Fsp3) is 0.364. The Morgan fingerprint density at radius 3 is 2.33 bits per heavy atom. The van der Waals surface area contributed by atoms with Crippen molar-refractivity contribution in [3.63, 3.8) is 0 Å². The predicted octanol–water partition coefficient (Wildman–Crippen LogP) is 5.77. The minimum atomic E-state index is -1.68. The van der Waals surface area contributed by atoms with Gasteiger partial charge in [-0.15, -0.1) is 12.8 Å². The van der Waals surface area contributed by atoms with Gasteiger partial charge in [0.25, 0.3) is 0 Å². The van der Waals surface area contributed by atoms with Gasteiger partial charge in [-0.3, -0.25) is 4.31 Å². The SMILES string of the molecule is C#C.CO[S+](CCCCN(c1cc(F)ccc1F)S(=O)c1ccc(Cl)cc1)C(C)C. The summed E-state index contributed by atoms with van der Waals surface area (Å²) in [5, 5.41) is 0.939. The second kappa shape index (κ2) is 13.7. The molecule has 30 heavy (non-hydrogen) atoms. The fourth-order valence-corrected chi connectivity index (χ4v) is 5.53. The molecule has 0 aliphatic rings. The number of halogens is 3. The largest absolute Gasteiger partial charge is 0.285 e. The monoisotopic (exact) mass is 474 g/mol. The van der Waals surface area contributed by atoms with Gasteiger partial charge in [0.15, 0.2) is 11.0 Å². The Morgan fingerprint density at radius 2 is 1.77 bits per heavy atom. The summed E-state index contributed by atoms with van der Waals surface area (Å²) in [5.74, 6) is -0.306. The van der Waals surface area contributed by atoms with Gasteiger partial charge in [-0.05, 0) is 63.1 Å². The zero-order valence-corrected chi connectivity index (χ0v) is 19.7. The Labute approximate surface area is 188 Å². The van der Waals surface area contributed by atoms with E-state index in [2.05, 4.69) is 26.7 Å². The molecule has 0 heterocycles. The number of unbranched alkanes of at least 4 members (excludes halogenated alkanes) is 1. The van der Waals surface area contributed by atoms with E-state index in [1.807, 2.05) is 0 Å². The van der Waals surface area contributed by atoms with Gasteiger partial charge in [0, 0.05) is 17.6 Å². The number of hydrogen-bond donors (Lipinski definition) is 0. The van der Waals surface area contributed by atoms with Crippen LogP contribution in [-0.2, 0) is 26.3 Å². The van der Waals surface area contributed by atoms with E-state index in [9.17, 15) is 13.0 Å². The topological polar surface area (TPSA) is 29.5 Å². The van der Waals surface area contributed by atoms with Gasteiger partial charge in [0.2, 0.25) is 0 Å². The van der Waals surface area contributed by atoms with Crippen LogP contribution in [0, 0.1) is 24.5 Å². The van der Waals surface area contributed by atoms with Gasteiger partial charge < -0.3 is 0 Å². The summed E-state index contributed by atoms with van der Waals surface area (Å²) in [6, 6.07) is 9.70. The number of nitrogens with zero attached hydrogens (tertiary/aromatic N) is 1. The zero-order valence-electron chi connectivity index (χ0n) is 17.3. The van der Waals surface area contributed by atoms with Crippen LogP contribution in [0.5, 0.6) is 0 Å². The van der Waals surface area contributed by atoms with Crippen LogP contribution >= 0.6 is 11.6 Å². The molecule has 0 fully saturated rings. The number of hydrogen-bond acceptors (Lipinski definition) is 2. The van der Waals surface area contributed by atoms with Crippen molar-refractivity contribution >= 4 is 39.4 Å². The molecule has 0 N–H and O–H groups in total. The Balaban J connectivity index is 0.00000218. The molecular weight excluding hydrogens is 448 g/mol. The molecule has 0 bridgehead atoms. The molecule has 0 spiro atoms. The van der Waals surface area contributed by atoms with Crippen molar-refractivity contribution in [2.75, 3.05) is 23.7 Å². The zero-order chi connectivity index (χ0) is 22.7. The first kappa shape index (κ1) is 26.4. The van der Waals surface area contributed by atoms with E-state index in [0.29, 0.717) is 28.1 Å². The van der Waals surface area contributed by atoms with Gasteiger partial charge in [0.05, 0.1) is 17.7 Å². The summed E-state index contributed by atoms with van der Waals surface area (Å²) >= 11 is 5.75. The van der Waals surface area contributed by atoms with Crippen molar-refractivity contribution in [3.8, 4) is 12.8 Å². The van der Waals surface area contributed by atoms with Crippen molar-refractivity contribution < 1.29 is 17.2 Å². The second-order valence-electron chi connectivity index (χ2n) is 6.41. The van der Waals surface area contributed by atoms with Crippen molar-refractivity contribution in [3.05, 3.63) is 59.1 Å². The molecule has 0 aromatic heterocycles. The highest BCUT2D eigenvalue weighted by atomic mass is 35.5. The predicted molar refractivity (Wildman–Crippen MR) is 125 cm³/mol. The number of anilines is 1. The molecule has 0 radical (unpaired) electrons. The molecule has 2 aromatic rings. The van der Waals surface area contributed by atoms with E-state index < -0.39 is 22.6 Å². The average molecular weight is 475 g/mol. The lowest BCUT2D eigenvalue weighted by Gasteiger charge is -2.24. The molecule has 2 atom stereocenters. The summed E-state index contributed by atoms with van der Waals surface area (Å²) in [6.45, 7) is 4.54. The third-order valence-corrected chi connectivity index (χ3v) is 7.97. The summed E-state index contributed by atoms with van der Waals surface area (Å²) in [4.78, 5) is 0.479. The average Bonchev–Trinajstić information content (AvgIpc) is 2.74. The molecule has 164 valence electrons. The Morgan fingerprint density at radius 1 is 1.13 bits per heavy atom. The highest BCUT2D eigenvalue weighted by Gasteiger charge is 2.24. The van der Waals surface area contributed by atoms with Crippen molar-refractivity contribution in [1.82, 2.24) is 0 Å². The molecule has 8 heteroatoms. The van der Waals surface area contributed by atoms with Crippen LogP contribution in [0.15, 0.2) is 47.4 Å². The number of rotatable bonds is 10. The Bertz CT molecular complexity index is 832. The normalized spacial score (nSPS) is 12.7. The first-order chi connectivity index (χ1) is 14.3. The smallest absolute Gasteiger partial charge is 0.153 e. The Kier molecular flexibility index (Phi) is 12.0. The fourth-order valence-electron chi connectivity index (χ4n) is 2.66. The summed E-state index contributed by atoms with van der Waals surface area (Å²) < 4.78 is 48.1. The highest BCUT2D eigenvalue weighted by molar-refractivity contribution is 7.92. The van der Waals surface area contributed by atoms with Crippen molar-refractivity contribution in [1.29, 1.82) is 0 Å². The van der Waals surface area contributed by atoms with E-state index in [-0.39, 0.29) is 16.9 Å². The summed E-state index contributed by atoms with van der Waals surface area (Å²) in [6.07, 6.45) is 9.51. The van der Waals surface area contributed by atoms with Crippen LogP contribution in [0.2, 0.25) is 5.02 Å². The van der Waals surface area contributed by atoms with Crippen LogP contribution in [-0.4, -0.2) is 28.9 Å². The lowest BCUT2D eigenvalue weighted by Crippen LogP contribution is -2.29. The molecule has 3 nitrogen and oxygen atoms in total. The maximum Gasteiger partial charge on any atom is 0.153 e. The van der Waals surface area contributed by atoms with Crippen LogP contribution in [0.25, 0.3) is 0 Å². The minimum Gasteiger partial charge on any atom is -0.285 e. The maximum absolute atomic E-state index is 14.4. The van der Waals surface area contributed by atoms with Crippen LogP contribution < -0.4 is 4.31 Å². The third kappa shape index (κ3) is 7.92. The molecule has 0 saturated heterocycles. The Hall–Kier alpha value is -1.59. The molecular formula is C22H27ClF2NO2S2+. The minimum absolute atomic E-state index is 0.0112. The lowest BCUT2D eigenvalue weighted by molar-refractivity contribution is 0.466. The van der Waals surface area contributed by atoms with Crippen molar-refractivity contribution in [2.24, 2.45) is 0 Å². The van der Waals surface area contributed by atoms with Gasteiger partial charge in [-0.25, -0.2) is 13.0 Å². The lowest BCUT2D eigenvalue weighted by atomic mass is 10.2. The van der Waals surface area contributed by atoms with Crippen LogP contribution in [0.3, 0.4) is 0 Å². The molecule has 2 aromatic carbocycles. The molecule has 0 aliphatic carbocycles. The van der Waals surface area contributed by atoms with Gasteiger partial charge >= 0.3 is 0 Å². The second-order valence-corrected chi connectivity index (χ2v) is 10.7. The molecule has 0 aliphatic heterocycles. The highest BCUT2D eigenvalue weighted by Crippen LogP contribution is 2.26. The molecule has 0 saturated carbocycles. The summed E-state index contributed by atoms with van der Waals surface area (Å²) in [5.41, 5.74) is -0.0112. The van der Waals surface area contributed by atoms with E-state index in [1.165, 1.54) is 4.31 Å². The first-order valence-corrected chi connectivity index (χ1v) is 12.2. The number of terminal acetylenes is 1. The van der Waals surface area contributed by atoms with Crippen molar-refractivity contribution in [2.45, 2.75) is 36.8 Å². The summed E-state index contributed by atoms with van der Waals surface area (Å²) in [7, 11) is 0.0168. The van der Waals surface area contributed by atoms with Crippen LogP contribution in [0.1, 0.15) is 26.7 Å². The van der Waals surface area contributed by atoms with Gasteiger partial charge in [-0.2, -0.15) is 4.18 Å². The van der Waals surface area contributed by atoms with Gasteiger partial charge in [0.1, 0.15) is 33.8 Å². The quantitative estimate of drug-likeness (QED) is 0.249. The van der Waals surface area contributed by atoms with E-state index in [0.717, 1.165) is 30.4 Å². The molecule has 2 unspecified atom stereocenters. The van der Waals surface area contributed by atoms with Gasteiger partial charge in [-0.1, -0.05) is 11.6 Å². The van der Waals surface area contributed by atoms with E-state index in [1.54, 1.807) is 31.4 Å². The third-order valence-electron chi connectivity index (χ3n) is 4.09. The van der Waals surface area contributed by atoms with Crippen LogP contribution in [0.4, 0.5) is 14.5 Å². The molecule has 0 amide bonds. The van der Waals surface area contributed by atoms with E-state index >= 15 is 0 Å². The number of benzene rings is 2. The molecule has 2 rings (SSSR count). The van der Waals surface area contributed by atoms with E-state index in [4.69, 9.17) is 15.8 Å². The maximum atomic E-state index is 14.4. The first-order valence-electron chi connectivity index (χ1n) is 9.31. The standard InChI is InChI=1S/C20H25ClF2NO2S2.C2H2/c1-15(2)27(26-3)13-5-4-12-24(20-14-17(22)8-11-19(20)23)28(25)18-9-6-16(21)7-10-18;1-2/h6-11,14-15H,4-5,12-13H2,1-3H3;1-2H/q+1;.